The van der Waals surface area contributed by atoms with Gasteiger partial charge >= 0.3 is 0 Å². The van der Waals surface area contributed by atoms with Gasteiger partial charge in [0.05, 0.1) is 5.56 Å². The lowest BCUT2D eigenvalue weighted by molar-refractivity contribution is -0.116. The molecule has 0 saturated heterocycles. The van der Waals surface area contributed by atoms with Gasteiger partial charge in [-0.3, -0.25) is 9.59 Å². The van der Waals surface area contributed by atoms with Crippen LogP contribution in [-0.2, 0) is 4.79 Å². The fourth-order valence-corrected chi connectivity index (χ4v) is 2.22. The normalized spacial score (nSPS) is 10.3. The average molecular weight is 332 g/mol. The topological polar surface area (TPSA) is 58.2 Å². The summed E-state index contributed by atoms with van der Waals surface area (Å²) in [5.41, 5.74) is 2.49. The Bertz CT molecular complexity index is 776. The van der Waals surface area contributed by atoms with Gasteiger partial charge in [0, 0.05) is 24.7 Å². The van der Waals surface area contributed by atoms with E-state index in [0.29, 0.717) is 11.8 Å². The SMILES string of the molecule is Cc1ccc(NC(=O)CCNC(=O)c2ccc(F)cc2F)c(C)c1. The third-order valence-electron chi connectivity index (χ3n) is 3.47. The van der Waals surface area contributed by atoms with Crippen molar-refractivity contribution in [2.75, 3.05) is 11.9 Å². The number of amides is 2. The number of hydrogen-bond donors (Lipinski definition) is 2. The molecule has 4 nitrogen and oxygen atoms in total. The summed E-state index contributed by atoms with van der Waals surface area (Å²) in [6.07, 6.45) is 0.0435. The molecule has 0 bridgehead atoms. The van der Waals surface area contributed by atoms with Crippen molar-refractivity contribution in [3.63, 3.8) is 0 Å². The first-order valence-corrected chi connectivity index (χ1v) is 7.47. The van der Waals surface area contributed by atoms with Crippen molar-refractivity contribution >= 4 is 17.5 Å². The fourth-order valence-electron chi connectivity index (χ4n) is 2.22. The van der Waals surface area contributed by atoms with E-state index in [4.69, 9.17) is 0 Å². The maximum Gasteiger partial charge on any atom is 0.254 e. The maximum atomic E-state index is 13.5. The minimum absolute atomic E-state index is 0.0435. The highest BCUT2D eigenvalue weighted by atomic mass is 19.1. The molecule has 2 N–H and O–H groups in total. The number of hydrogen-bond acceptors (Lipinski definition) is 2. The molecule has 0 spiro atoms. The molecule has 0 radical (unpaired) electrons. The van der Waals surface area contributed by atoms with E-state index >= 15 is 0 Å². The van der Waals surface area contributed by atoms with Crippen LogP contribution in [0.15, 0.2) is 36.4 Å². The summed E-state index contributed by atoms with van der Waals surface area (Å²) >= 11 is 0. The molecule has 0 saturated carbocycles. The number of anilines is 1. The van der Waals surface area contributed by atoms with Gasteiger partial charge in [-0.15, -0.1) is 0 Å². The number of rotatable bonds is 5. The van der Waals surface area contributed by atoms with E-state index in [-0.39, 0.29) is 24.4 Å². The highest BCUT2D eigenvalue weighted by Gasteiger charge is 2.12. The summed E-state index contributed by atoms with van der Waals surface area (Å²) in [5.74, 6) is -2.64. The molecular formula is C18H18F2N2O2. The molecule has 24 heavy (non-hydrogen) atoms. The molecule has 0 fully saturated rings. The van der Waals surface area contributed by atoms with E-state index in [1.54, 1.807) is 0 Å². The predicted octanol–water partition coefficient (Wildman–Crippen LogP) is 3.34. The van der Waals surface area contributed by atoms with Crippen LogP contribution in [0.5, 0.6) is 0 Å². The van der Waals surface area contributed by atoms with Crippen molar-refractivity contribution in [1.29, 1.82) is 0 Å². The van der Waals surface area contributed by atoms with Gasteiger partial charge in [0.2, 0.25) is 5.91 Å². The van der Waals surface area contributed by atoms with Gasteiger partial charge in [-0.05, 0) is 37.6 Å². The van der Waals surface area contributed by atoms with Crippen LogP contribution in [0.2, 0.25) is 0 Å². The third kappa shape index (κ3) is 4.62. The number of halogens is 2. The highest BCUT2D eigenvalue weighted by Crippen LogP contribution is 2.16. The summed E-state index contributed by atoms with van der Waals surface area (Å²) in [4.78, 5) is 23.7. The van der Waals surface area contributed by atoms with Crippen LogP contribution >= 0.6 is 0 Å². The van der Waals surface area contributed by atoms with E-state index in [1.165, 1.54) is 0 Å². The zero-order chi connectivity index (χ0) is 17.7. The van der Waals surface area contributed by atoms with Gasteiger partial charge in [0.25, 0.3) is 5.91 Å². The van der Waals surface area contributed by atoms with Crippen molar-refractivity contribution in [3.05, 3.63) is 64.7 Å². The molecule has 0 aromatic heterocycles. The fraction of sp³-hybridized carbons (Fsp3) is 0.222. The molecule has 0 aliphatic heterocycles. The van der Waals surface area contributed by atoms with Gasteiger partial charge in [0.15, 0.2) is 0 Å². The Hall–Kier alpha value is -2.76. The van der Waals surface area contributed by atoms with E-state index in [0.717, 1.165) is 23.3 Å². The molecule has 0 aliphatic carbocycles. The summed E-state index contributed by atoms with van der Waals surface area (Å²) < 4.78 is 26.3. The smallest absolute Gasteiger partial charge is 0.254 e. The van der Waals surface area contributed by atoms with Crippen LogP contribution in [0.1, 0.15) is 27.9 Å². The molecule has 6 heteroatoms. The standard InChI is InChI=1S/C18H18F2N2O2/c1-11-3-6-16(12(2)9-11)22-17(23)7-8-21-18(24)14-5-4-13(19)10-15(14)20/h3-6,9-10H,7-8H2,1-2H3,(H,21,24)(H,22,23). The first-order chi connectivity index (χ1) is 11.4. The van der Waals surface area contributed by atoms with Gasteiger partial charge in [0.1, 0.15) is 11.6 Å². The van der Waals surface area contributed by atoms with Gasteiger partial charge < -0.3 is 10.6 Å². The number of aryl methyl sites for hydroxylation is 2. The minimum atomic E-state index is -0.938. The first kappa shape index (κ1) is 17.6. The van der Waals surface area contributed by atoms with Crippen LogP contribution in [0, 0.1) is 25.5 Å². The number of carbonyl (C=O) groups excluding carboxylic acids is 2. The van der Waals surface area contributed by atoms with E-state index < -0.39 is 17.5 Å². The second-order valence-corrected chi connectivity index (χ2v) is 5.50. The lowest BCUT2D eigenvalue weighted by Crippen LogP contribution is -2.28. The molecule has 126 valence electrons. The first-order valence-electron chi connectivity index (χ1n) is 7.47. The van der Waals surface area contributed by atoms with Crippen LogP contribution in [0.25, 0.3) is 0 Å². The van der Waals surface area contributed by atoms with Crippen molar-refractivity contribution in [1.82, 2.24) is 5.32 Å². The lowest BCUT2D eigenvalue weighted by Gasteiger charge is -2.10. The molecule has 2 aromatic carbocycles. The second-order valence-electron chi connectivity index (χ2n) is 5.50. The molecule has 0 aliphatic rings. The molecular weight excluding hydrogens is 314 g/mol. The number of nitrogens with one attached hydrogen (secondary N) is 2. The second kappa shape index (κ2) is 7.68. The van der Waals surface area contributed by atoms with E-state index in [2.05, 4.69) is 10.6 Å². The Morgan fingerprint density at radius 2 is 1.79 bits per heavy atom. The largest absolute Gasteiger partial charge is 0.351 e. The minimum Gasteiger partial charge on any atom is -0.351 e. The summed E-state index contributed by atoms with van der Waals surface area (Å²) in [6.45, 7) is 3.90. The Kier molecular flexibility index (Phi) is 5.63. The highest BCUT2D eigenvalue weighted by molar-refractivity contribution is 5.95. The van der Waals surface area contributed by atoms with Gasteiger partial charge in [-0.2, -0.15) is 0 Å². The Morgan fingerprint density at radius 3 is 2.46 bits per heavy atom. The Morgan fingerprint density at radius 1 is 1.04 bits per heavy atom. The van der Waals surface area contributed by atoms with Crippen LogP contribution in [-0.4, -0.2) is 18.4 Å². The molecule has 0 heterocycles. The predicted molar refractivity (Wildman–Crippen MR) is 87.9 cm³/mol. The Labute approximate surface area is 138 Å². The lowest BCUT2D eigenvalue weighted by atomic mass is 10.1. The maximum absolute atomic E-state index is 13.5. The number of carbonyl (C=O) groups is 2. The zero-order valence-electron chi connectivity index (χ0n) is 13.5. The zero-order valence-corrected chi connectivity index (χ0v) is 13.5. The molecule has 0 unspecified atom stereocenters. The average Bonchev–Trinajstić information content (AvgIpc) is 2.50. The van der Waals surface area contributed by atoms with Gasteiger partial charge in [-0.25, -0.2) is 8.78 Å². The van der Waals surface area contributed by atoms with Crippen molar-refractivity contribution in [2.45, 2.75) is 20.3 Å². The third-order valence-corrected chi connectivity index (χ3v) is 3.47. The van der Waals surface area contributed by atoms with Crippen LogP contribution in [0.3, 0.4) is 0 Å². The number of benzene rings is 2. The molecule has 2 rings (SSSR count). The monoisotopic (exact) mass is 332 g/mol. The van der Waals surface area contributed by atoms with Crippen molar-refractivity contribution < 1.29 is 18.4 Å². The summed E-state index contributed by atoms with van der Waals surface area (Å²) in [7, 11) is 0. The molecule has 0 atom stereocenters. The van der Waals surface area contributed by atoms with Crippen LogP contribution < -0.4 is 10.6 Å². The van der Waals surface area contributed by atoms with Crippen molar-refractivity contribution in [3.8, 4) is 0 Å². The molecule has 2 aromatic rings. The van der Waals surface area contributed by atoms with Gasteiger partial charge in [-0.1, -0.05) is 17.7 Å². The van der Waals surface area contributed by atoms with E-state index in [9.17, 15) is 18.4 Å². The summed E-state index contributed by atoms with van der Waals surface area (Å²) in [6, 6.07) is 8.37. The summed E-state index contributed by atoms with van der Waals surface area (Å²) in [5, 5.41) is 5.19. The Balaban J connectivity index is 1.85. The van der Waals surface area contributed by atoms with Crippen LogP contribution in [0.4, 0.5) is 14.5 Å². The van der Waals surface area contributed by atoms with Crippen molar-refractivity contribution in [2.24, 2.45) is 0 Å². The quantitative estimate of drug-likeness (QED) is 0.882. The van der Waals surface area contributed by atoms with E-state index in [1.807, 2.05) is 32.0 Å². The molecule has 2 amide bonds.